The fourth-order valence-electron chi connectivity index (χ4n) is 2.65. The molecule has 0 unspecified atom stereocenters. The van der Waals surface area contributed by atoms with Crippen LogP contribution < -0.4 is 4.74 Å². The topological polar surface area (TPSA) is 72.9 Å². The fraction of sp³-hybridized carbons (Fsp3) is 0.190. The van der Waals surface area contributed by atoms with Gasteiger partial charge in [-0.1, -0.05) is 30.3 Å². The minimum absolute atomic E-state index is 0.195. The molecule has 0 spiro atoms. The summed E-state index contributed by atoms with van der Waals surface area (Å²) in [6.45, 7) is 1.94. The highest BCUT2D eigenvalue weighted by Gasteiger charge is 2.36. The summed E-state index contributed by atoms with van der Waals surface area (Å²) in [7, 11) is 0. The largest absolute Gasteiger partial charge is 0.487 e. The number of esters is 1. The predicted molar refractivity (Wildman–Crippen MR) is 132 cm³/mol. The number of hydrogen-bond donors (Lipinski definition) is 0. The number of carbonyl (C=O) groups excluding carboxylic acids is 3. The first-order valence-electron chi connectivity index (χ1n) is 8.95. The van der Waals surface area contributed by atoms with Gasteiger partial charge in [0.2, 0.25) is 0 Å². The number of amides is 2. The maximum atomic E-state index is 12.5. The molecule has 0 N–H and O–H groups in total. The van der Waals surface area contributed by atoms with Crippen LogP contribution in [0.5, 0.6) is 5.75 Å². The first-order chi connectivity index (χ1) is 14.4. The van der Waals surface area contributed by atoms with E-state index in [2.05, 4.69) is 45.2 Å². The van der Waals surface area contributed by atoms with Crippen molar-refractivity contribution in [1.29, 1.82) is 0 Å². The van der Waals surface area contributed by atoms with Gasteiger partial charge < -0.3 is 9.47 Å². The van der Waals surface area contributed by atoms with Crippen molar-refractivity contribution in [2.24, 2.45) is 0 Å². The summed E-state index contributed by atoms with van der Waals surface area (Å²) in [4.78, 5) is 37.5. The molecule has 0 aliphatic carbocycles. The number of rotatable bonds is 7. The molecule has 1 fully saturated rings. The molecule has 0 radical (unpaired) electrons. The average Bonchev–Trinajstić information content (AvgIpc) is 2.95. The molecule has 2 aromatic carbocycles. The molecule has 1 aliphatic rings. The molecule has 156 valence electrons. The summed E-state index contributed by atoms with van der Waals surface area (Å²) in [6, 6.07) is 13.7. The molecule has 6 nitrogen and oxygen atoms in total. The van der Waals surface area contributed by atoms with Crippen molar-refractivity contribution in [2.75, 3.05) is 13.2 Å². The van der Waals surface area contributed by atoms with Crippen LogP contribution in [0.2, 0.25) is 0 Å². The van der Waals surface area contributed by atoms with E-state index >= 15 is 0 Å². The highest BCUT2D eigenvalue weighted by atomic mass is 127. The zero-order valence-electron chi connectivity index (χ0n) is 15.9. The van der Waals surface area contributed by atoms with Crippen LogP contribution in [-0.4, -0.2) is 35.2 Å². The van der Waals surface area contributed by atoms with Crippen LogP contribution in [-0.2, 0) is 20.9 Å². The Balaban J connectivity index is 1.75. The number of carbonyl (C=O) groups is 3. The molecule has 1 saturated heterocycles. The van der Waals surface area contributed by atoms with Crippen LogP contribution >= 0.6 is 56.9 Å². The van der Waals surface area contributed by atoms with E-state index in [0.29, 0.717) is 6.61 Å². The van der Waals surface area contributed by atoms with Gasteiger partial charge in [0, 0.05) is 0 Å². The zero-order valence-corrected chi connectivity index (χ0v) is 21.0. The number of ether oxygens (including phenoxy) is 2. The van der Waals surface area contributed by atoms with Gasteiger partial charge in [0.15, 0.2) is 0 Å². The summed E-state index contributed by atoms with van der Waals surface area (Å²) in [5.74, 6) is -0.329. The van der Waals surface area contributed by atoms with Crippen molar-refractivity contribution >= 4 is 80.1 Å². The Kier molecular flexibility index (Phi) is 8.17. The summed E-state index contributed by atoms with van der Waals surface area (Å²) in [5, 5.41) is -0.480. The second-order valence-corrected chi connectivity index (χ2v) is 9.48. The third kappa shape index (κ3) is 5.76. The quantitative estimate of drug-likeness (QED) is 0.237. The molecule has 1 aliphatic heterocycles. The Morgan fingerprint density at radius 1 is 1.13 bits per heavy atom. The monoisotopic (exact) mass is 649 g/mol. The summed E-state index contributed by atoms with van der Waals surface area (Å²) in [5.41, 5.74) is 1.85. The number of nitrogens with zero attached hydrogens (tertiary/aromatic N) is 1. The second kappa shape index (κ2) is 10.6. The molecule has 2 aromatic rings. The van der Waals surface area contributed by atoms with Gasteiger partial charge in [0.25, 0.3) is 11.1 Å². The maximum Gasteiger partial charge on any atom is 0.326 e. The van der Waals surface area contributed by atoms with E-state index in [0.717, 1.165) is 40.7 Å². The molecular weight excluding hydrogens is 632 g/mol. The lowest BCUT2D eigenvalue weighted by molar-refractivity contribution is -0.145. The lowest BCUT2D eigenvalue weighted by Gasteiger charge is -2.12. The Hall–Kier alpha value is -1.60. The molecule has 2 amide bonds. The number of imide groups is 1. The van der Waals surface area contributed by atoms with E-state index < -0.39 is 17.1 Å². The van der Waals surface area contributed by atoms with E-state index in [4.69, 9.17) is 9.47 Å². The summed E-state index contributed by atoms with van der Waals surface area (Å²) < 4.78 is 12.6. The third-order valence-corrected chi connectivity index (χ3v) is 6.52. The molecule has 0 bridgehead atoms. The maximum absolute atomic E-state index is 12.5. The molecular formula is C21H17I2NO5S. The molecule has 0 saturated carbocycles. The SMILES string of the molecule is CCOC(=O)CN1C(=O)S/C(=C\c2cc(I)c(OCc3ccccc3)c(I)c2)C1=O. The van der Waals surface area contributed by atoms with Gasteiger partial charge in [-0.05, 0) is 93.2 Å². The van der Waals surface area contributed by atoms with Crippen molar-refractivity contribution in [1.82, 2.24) is 4.90 Å². The smallest absolute Gasteiger partial charge is 0.326 e. The highest BCUT2D eigenvalue weighted by Crippen LogP contribution is 2.35. The average molecular weight is 649 g/mol. The number of hydrogen-bond acceptors (Lipinski definition) is 6. The van der Waals surface area contributed by atoms with Crippen LogP contribution in [0, 0.1) is 7.14 Å². The van der Waals surface area contributed by atoms with Crippen LogP contribution in [0.15, 0.2) is 47.4 Å². The standard InChI is InChI=1S/C21H17I2NO5S/c1-2-28-18(25)11-24-20(26)17(30-21(24)27)10-14-8-15(22)19(16(23)9-14)29-12-13-6-4-3-5-7-13/h3-10H,2,11-12H2,1H3/b17-10-. The van der Waals surface area contributed by atoms with Gasteiger partial charge in [0.05, 0.1) is 18.7 Å². The van der Waals surface area contributed by atoms with E-state index in [1.54, 1.807) is 13.0 Å². The summed E-state index contributed by atoms with van der Waals surface area (Å²) >= 11 is 5.20. The van der Waals surface area contributed by atoms with Crippen LogP contribution in [0.1, 0.15) is 18.1 Å². The van der Waals surface area contributed by atoms with Crippen molar-refractivity contribution in [2.45, 2.75) is 13.5 Å². The molecule has 0 atom stereocenters. The molecule has 0 aromatic heterocycles. The van der Waals surface area contributed by atoms with E-state index in [1.165, 1.54) is 0 Å². The zero-order chi connectivity index (χ0) is 21.7. The van der Waals surface area contributed by atoms with Gasteiger partial charge in [-0.15, -0.1) is 0 Å². The Labute approximate surface area is 205 Å². The molecule has 30 heavy (non-hydrogen) atoms. The van der Waals surface area contributed by atoms with E-state index in [9.17, 15) is 14.4 Å². The van der Waals surface area contributed by atoms with Crippen molar-refractivity contribution < 1.29 is 23.9 Å². The van der Waals surface area contributed by atoms with Crippen LogP contribution in [0.3, 0.4) is 0 Å². The normalized spacial score (nSPS) is 15.0. The number of halogens is 2. The Morgan fingerprint density at radius 2 is 1.80 bits per heavy atom. The number of thioether (sulfide) groups is 1. The van der Waals surface area contributed by atoms with Gasteiger partial charge in [0.1, 0.15) is 18.9 Å². The fourth-order valence-corrected chi connectivity index (χ4v) is 5.62. The molecule has 1 heterocycles. The van der Waals surface area contributed by atoms with Gasteiger partial charge in [-0.3, -0.25) is 19.3 Å². The first-order valence-corrected chi connectivity index (χ1v) is 11.9. The van der Waals surface area contributed by atoms with Gasteiger partial charge >= 0.3 is 5.97 Å². The third-order valence-electron chi connectivity index (χ3n) is 4.01. The lowest BCUT2D eigenvalue weighted by atomic mass is 10.2. The number of benzene rings is 2. The van der Waals surface area contributed by atoms with E-state index in [-0.39, 0.29) is 18.1 Å². The first kappa shape index (κ1) is 23.1. The summed E-state index contributed by atoms with van der Waals surface area (Å²) in [6.07, 6.45) is 1.65. The molecule has 3 rings (SSSR count). The van der Waals surface area contributed by atoms with Crippen molar-refractivity contribution in [3.05, 3.63) is 65.6 Å². The van der Waals surface area contributed by atoms with Crippen molar-refractivity contribution in [3.8, 4) is 5.75 Å². The van der Waals surface area contributed by atoms with Crippen molar-refractivity contribution in [3.63, 3.8) is 0 Å². The molecule has 9 heteroatoms. The van der Waals surface area contributed by atoms with Gasteiger partial charge in [-0.2, -0.15) is 0 Å². The van der Waals surface area contributed by atoms with Gasteiger partial charge in [-0.25, -0.2) is 0 Å². The second-order valence-electron chi connectivity index (χ2n) is 6.16. The minimum atomic E-state index is -0.606. The Morgan fingerprint density at radius 3 is 2.43 bits per heavy atom. The minimum Gasteiger partial charge on any atom is -0.487 e. The van der Waals surface area contributed by atoms with E-state index in [1.807, 2.05) is 42.5 Å². The van der Waals surface area contributed by atoms with Crippen LogP contribution in [0.25, 0.3) is 6.08 Å². The lowest BCUT2D eigenvalue weighted by Crippen LogP contribution is -2.34. The highest BCUT2D eigenvalue weighted by molar-refractivity contribution is 14.1. The predicted octanol–water partition coefficient (Wildman–Crippen LogP) is 5.07. The Bertz CT molecular complexity index is 987. The van der Waals surface area contributed by atoms with Crippen LogP contribution in [0.4, 0.5) is 4.79 Å².